The zero-order chi connectivity index (χ0) is 11.3. The zero-order valence-corrected chi connectivity index (χ0v) is 10.5. The molecule has 84 valence electrons. The molecule has 1 aromatic heterocycles. The number of aromatic amines is 1. The summed E-state index contributed by atoms with van der Waals surface area (Å²) in [5.74, 6) is 1.03. The maximum Gasteiger partial charge on any atom is 0.268 e. The summed E-state index contributed by atoms with van der Waals surface area (Å²) in [6, 6.07) is 0. The highest BCUT2D eigenvalue weighted by Gasteiger charge is 2.05. The van der Waals surface area contributed by atoms with Gasteiger partial charge in [0.1, 0.15) is 4.47 Å². The SMILES string of the molecule is CC(C)CCCOc1nc[nH]c(=O)c1Br. The Hall–Kier alpha value is -0.840. The van der Waals surface area contributed by atoms with Crippen LogP contribution in [0.1, 0.15) is 26.7 Å². The van der Waals surface area contributed by atoms with Gasteiger partial charge in [-0.2, -0.15) is 0 Å². The number of halogens is 1. The molecule has 15 heavy (non-hydrogen) atoms. The number of hydrogen-bond donors (Lipinski definition) is 1. The summed E-state index contributed by atoms with van der Waals surface area (Å²) >= 11 is 3.13. The van der Waals surface area contributed by atoms with E-state index in [9.17, 15) is 4.79 Å². The van der Waals surface area contributed by atoms with E-state index >= 15 is 0 Å². The molecule has 0 atom stereocenters. The van der Waals surface area contributed by atoms with Gasteiger partial charge in [-0.1, -0.05) is 13.8 Å². The Morgan fingerprint density at radius 2 is 2.33 bits per heavy atom. The summed E-state index contributed by atoms with van der Waals surface area (Å²) in [5, 5.41) is 0. The minimum absolute atomic E-state index is 0.219. The molecular weight excluding hydrogens is 260 g/mol. The van der Waals surface area contributed by atoms with Crippen molar-refractivity contribution in [2.75, 3.05) is 6.61 Å². The van der Waals surface area contributed by atoms with Crippen molar-refractivity contribution in [2.45, 2.75) is 26.7 Å². The minimum atomic E-state index is -0.219. The molecule has 0 saturated carbocycles. The fourth-order valence-electron chi connectivity index (χ4n) is 1.13. The molecule has 0 aliphatic heterocycles. The number of nitrogens with zero attached hydrogens (tertiary/aromatic N) is 1. The highest BCUT2D eigenvalue weighted by molar-refractivity contribution is 9.10. The molecule has 0 radical (unpaired) electrons. The van der Waals surface area contributed by atoms with Crippen molar-refractivity contribution in [3.63, 3.8) is 0 Å². The third kappa shape index (κ3) is 4.03. The fourth-order valence-corrected chi connectivity index (χ4v) is 1.46. The number of H-pyrrole nitrogens is 1. The van der Waals surface area contributed by atoms with E-state index in [2.05, 4.69) is 39.7 Å². The van der Waals surface area contributed by atoms with E-state index in [-0.39, 0.29) is 5.56 Å². The molecule has 0 bridgehead atoms. The van der Waals surface area contributed by atoms with Gasteiger partial charge < -0.3 is 9.72 Å². The maximum absolute atomic E-state index is 11.2. The van der Waals surface area contributed by atoms with E-state index in [1.807, 2.05) is 0 Å². The van der Waals surface area contributed by atoms with E-state index in [0.29, 0.717) is 22.9 Å². The van der Waals surface area contributed by atoms with Crippen LogP contribution < -0.4 is 10.3 Å². The van der Waals surface area contributed by atoms with Gasteiger partial charge in [0.05, 0.1) is 12.9 Å². The lowest BCUT2D eigenvalue weighted by Crippen LogP contribution is -2.10. The number of aromatic nitrogens is 2. The number of rotatable bonds is 5. The number of hydrogen-bond acceptors (Lipinski definition) is 3. The maximum atomic E-state index is 11.2. The van der Waals surface area contributed by atoms with Gasteiger partial charge in [0.15, 0.2) is 0 Å². The molecule has 0 amide bonds. The Morgan fingerprint density at radius 1 is 1.60 bits per heavy atom. The third-order valence-electron chi connectivity index (χ3n) is 1.93. The second-order valence-corrected chi connectivity index (χ2v) is 4.53. The van der Waals surface area contributed by atoms with Crippen molar-refractivity contribution in [1.29, 1.82) is 0 Å². The second-order valence-electron chi connectivity index (χ2n) is 3.74. The molecule has 0 spiro atoms. The average Bonchev–Trinajstić information content (AvgIpc) is 2.18. The lowest BCUT2D eigenvalue weighted by Gasteiger charge is -2.07. The quantitative estimate of drug-likeness (QED) is 0.839. The van der Waals surface area contributed by atoms with Crippen LogP contribution in [0, 0.1) is 5.92 Å². The molecule has 4 nitrogen and oxygen atoms in total. The van der Waals surface area contributed by atoms with Crippen molar-refractivity contribution < 1.29 is 4.74 Å². The van der Waals surface area contributed by atoms with Crippen molar-refractivity contribution >= 4 is 15.9 Å². The van der Waals surface area contributed by atoms with Crippen LogP contribution in [0.25, 0.3) is 0 Å². The first-order valence-electron chi connectivity index (χ1n) is 4.97. The van der Waals surface area contributed by atoms with E-state index in [0.717, 1.165) is 12.8 Å². The van der Waals surface area contributed by atoms with Crippen LogP contribution in [-0.4, -0.2) is 16.6 Å². The van der Waals surface area contributed by atoms with Crippen LogP contribution in [0.5, 0.6) is 5.88 Å². The predicted molar refractivity (Wildman–Crippen MR) is 62.1 cm³/mol. The van der Waals surface area contributed by atoms with Gasteiger partial charge in [0.2, 0.25) is 5.88 Å². The lowest BCUT2D eigenvalue weighted by atomic mass is 10.1. The summed E-state index contributed by atoms with van der Waals surface area (Å²) < 4.78 is 5.75. The van der Waals surface area contributed by atoms with Gasteiger partial charge in [0, 0.05) is 0 Å². The molecule has 0 aliphatic rings. The molecule has 0 unspecified atom stereocenters. The first kappa shape index (κ1) is 12.2. The molecule has 0 aromatic carbocycles. The van der Waals surface area contributed by atoms with Crippen LogP contribution >= 0.6 is 15.9 Å². The van der Waals surface area contributed by atoms with Gasteiger partial charge in [-0.05, 0) is 34.7 Å². The van der Waals surface area contributed by atoms with Crippen LogP contribution in [0.2, 0.25) is 0 Å². The van der Waals surface area contributed by atoms with Crippen molar-refractivity contribution in [3.05, 3.63) is 21.2 Å². The summed E-state index contributed by atoms with van der Waals surface area (Å²) in [7, 11) is 0. The zero-order valence-electron chi connectivity index (χ0n) is 8.92. The molecule has 0 fully saturated rings. The Labute approximate surface area is 97.2 Å². The molecule has 1 aromatic rings. The van der Waals surface area contributed by atoms with E-state index in [1.54, 1.807) is 0 Å². The first-order chi connectivity index (χ1) is 7.11. The predicted octanol–water partition coefficient (Wildman–Crippen LogP) is 2.35. The van der Waals surface area contributed by atoms with Gasteiger partial charge in [-0.3, -0.25) is 4.79 Å². The first-order valence-corrected chi connectivity index (χ1v) is 5.76. The Morgan fingerprint density at radius 3 is 3.00 bits per heavy atom. The van der Waals surface area contributed by atoms with Crippen LogP contribution in [0.4, 0.5) is 0 Å². The highest BCUT2D eigenvalue weighted by atomic mass is 79.9. The van der Waals surface area contributed by atoms with E-state index < -0.39 is 0 Å². The smallest absolute Gasteiger partial charge is 0.268 e. The van der Waals surface area contributed by atoms with Crippen molar-refractivity contribution in [2.24, 2.45) is 5.92 Å². The van der Waals surface area contributed by atoms with Crippen LogP contribution in [0.15, 0.2) is 15.6 Å². The molecule has 0 aliphatic carbocycles. The van der Waals surface area contributed by atoms with Crippen LogP contribution in [-0.2, 0) is 0 Å². The molecule has 1 heterocycles. The summed E-state index contributed by atoms with van der Waals surface area (Å²) in [6.07, 6.45) is 3.42. The molecule has 5 heteroatoms. The molecular formula is C10H15BrN2O2. The van der Waals surface area contributed by atoms with Gasteiger partial charge >= 0.3 is 0 Å². The minimum Gasteiger partial charge on any atom is -0.477 e. The normalized spacial score (nSPS) is 10.7. The summed E-state index contributed by atoms with van der Waals surface area (Å²) in [5.41, 5.74) is -0.219. The van der Waals surface area contributed by atoms with Gasteiger partial charge in [-0.25, -0.2) is 4.98 Å². The van der Waals surface area contributed by atoms with E-state index in [1.165, 1.54) is 6.33 Å². The number of nitrogens with one attached hydrogen (secondary N) is 1. The fraction of sp³-hybridized carbons (Fsp3) is 0.600. The Balaban J connectivity index is 2.44. The third-order valence-corrected chi connectivity index (χ3v) is 2.63. The second kappa shape index (κ2) is 5.90. The largest absolute Gasteiger partial charge is 0.477 e. The van der Waals surface area contributed by atoms with E-state index in [4.69, 9.17) is 4.74 Å². The van der Waals surface area contributed by atoms with Crippen molar-refractivity contribution in [1.82, 2.24) is 9.97 Å². The summed E-state index contributed by atoms with van der Waals surface area (Å²) in [4.78, 5) is 17.5. The van der Waals surface area contributed by atoms with Crippen LogP contribution in [0.3, 0.4) is 0 Å². The Bertz CT molecular complexity index is 363. The average molecular weight is 275 g/mol. The highest BCUT2D eigenvalue weighted by Crippen LogP contribution is 2.16. The number of ether oxygens (including phenoxy) is 1. The molecule has 1 rings (SSSR count). The topological polar surface area (TPSA) is 55.0 Å². The summed E-state index contributed by atoms with van der Waals surface area (Å²) in [6.45, 7) is 4.93. The van der Waals surface area contributed by atoms with Crippen molar-refractivity contribution in [3.8, 4) is 5.88 Å². The monoisotopic (exact) mass is 274 g/mol. The van der Waals surface area contributed by atoms with Gasteiger partial charge in [-0.15, -0.1) is 0 Å². The molecule has 0 saturated heterocycles. The Kier molecular flexibility index (Phi) is 4.81. The van der Waals surface area contributed by atoms with Gasteiger partial charge in [0.25, 0.3) is 5.56 Å². The lowest BCUT2D eigenvalue weighted by molar-refractivity contribution is 0.284. The molecule has 1 N–H and O–H groups in total. The standard InChI is InChI=1S/C10H15BrN2O2/c1-7(2)4-3-5-15-10-8(11)9(14)12-6-13-10/h6-7H,3-5H2,1-2H3,(H,12,13,14).